The van der Waals surface area contributed by atoms with E-state index in [-0.39, 0.29) is 0 Å². The van der Waals surface area contributed by atoms with Crippen molar-refractivity contribution in [3.05, 3.63) is 18.2 Å². The van der Waals surface area contributed by atoms with E-state index in [0.717, 1.165) is 18.2 Å². The first-order valence-electron chi connectivity index (χ1n) is 6.68. The molecule has 0 bridgehead atoms. The van der Waals surface area contributed by atoms with E-state index in [2.05, 4.69) is 48.3 Å². The van der Waals surface area contributed by atoms with Crippen LogP contribution in [0.2, 0.25) is 0 Å². The first-order chi connectivity index (χ1) is 7.95. The Morgan fingerprint density at radius 1 is 1.41 bits per heavy atom. The molecule has 1 fully saturated rings. The summed E-state index contributed by atoms with van der Waals surface area (Å²) in [6.45, 7) is 12.6. The van der Waals surface area contributed by atoms with E-state index in [9.17, 15) is 0 Å². The topological polar surface area (TPSA) is 21.1 Å². The third kappa shape index (κ3) is 3.32. The van der Waals surface area contributed by atoms with Gasteiger partial charge in [-0.25, -0.2) is 4.98 Å². The Hall–Kier alpha value is -0.830. The van der Waals surface area contributed by atoms with Crippen molar-refractivity contribution in [3.63, 3.8) is 0 Å². The van der Waals surface area contributed by atoms with E-state index < -0.39 is 0 Å². The number of aromatic nitrogens is 2. The Labute approximate surface area is 105 Å². The van der Waals surface area contributed by atoms with Crippen molar-refractivity contribution < 1.29 is 0 Å². The van der Waals surface area contributed by atoms with E-state index in [4.69, 9.17) is 0 Å². The largest absolute Gasteiger partial charge is 0.337 e. The number of likely N-dealkylation sites (tertiary alicyclic amines) is 1. The fourth-order valence-electron chi connectivity index (χ4n) is 2.69. The SMILES string of the molecule is Cc1cn(CC2CCCN(C(C)(C)C)C2)cn1. The minimum Gasteiger partial charge on any atom is -0.337 e. The Bertz CT molecular complexity index is 362. The fraction of sp³-hybridized carbons (Fsp3) is 0.786. The standard InChI is InChI=1S/C14H25N3/c1-12-8-16(11-15-12)9-13-6-5-7-17(10-13)14(2,3)4/h8,11,13H,5-7,9-10H2,1-4H3. The molecule has 1 aliphatic heterocycles. The van der Waals surface area contributed by atoms with Gasteiger partial charge in [-0.05, 0) is 53.0 Å². The van der Waals surface area contributed by atoms with Crippen molar-refractivity contribution in [1.29, 1.82) is 0 Å². The van der Waals surface area contributed by atoms with E-state index in [1.165, 1.54) is 25.9 Å². The molecule has 1 aliphatic rings. The van der Waals surface area contributed by atoms with Crippen LogP contribution in [-0.4, -0.2) is 33.1 Å². The summed E-state index contributed by atoms with van der Waals surface area (Å²) in [5.41, 5.74) is 1.43. The summed E-state index contributed by atoms with van der Waals surface area (Å²) in [6.07, 6.45) is 6.79. The maximum absolute atomic E-state index is 4.30. The molecule has 1 saturated heterocycles. The molecule has 1 aromatic rings. The van der Waals surface area contributed by atoms with E-state index >= 15 is 0 Å². The highest BCUT2D eigenvalue weighted by molar-refractivity contribution is 4.93. The Balaban J connectivity index is 1.94. The van der Waals surface area contributed by atoms with Gasteiger partial charge in [0.1, 0.15) is 0 Å². The minimum absolute atomic E-state index is 0.309. The fourth-order valence-corrected chi connectivity index (χ4v) is 2.69. The van der Waals surface area contributed by atoms with Gasteiger partial charge >= 0.3 is 0 Å². The third-order valence-corrected chi connectivity index (χ3v) is 3.70. The molecule has 1 atom stereocenters. The molecule has 0 N–H and O–H groups in total. The third-order valence-electron chi connectivity index (χ3n) is 3.70. The molecule has 0 aliphatic carbocycles. The molecule has 2 heterocycles. The van der Waals surface area contributed by atoms with Crippen LogP contribution in [0.15, 0.2) is 12.5 Å². The number of imidazole rings is 1. The van der Waals surface area contributed by atoms with Gasteiger partial charge in [-0.15, -0.1) is 0 Å². The lowest BCUT2D eigenvalue weighted by atomic mass is 9.93. The van der Waals surface area contributed by atoms with Gasteiger partial charge in [-0.3, -0.25) is 4.90 Å². The number of hydrogen-bond acceptors (Lipinski definition) is 2. The lowest BCUT2D eigenvalue weighted by Gasteiger charge is -2.41. The first kappa shape index (κ1) is 12.6. The van der Waals surface area contributed by atoms with Crippen LogP contribution < -0.4 is 0 Å². The summed E-state index contributed by atoms with van der Waals surface area (Å²) >= 11 is 0. The van der Waals surface area contributed by atoms with Crippen molar-refractivity contribution in [2.75, 3.05) is 13.1 Å². The van der Waals surface area contributed by atoms with Gasteiger partial charge in [-0.1, -0.05) is 0 Å². The molecule has 2 rings (SSSR count). The lowest BCUT2D eigenvalue weighted by Crippen LogP contribution is -2.47. The predicted molar refractivity (Wildman–Crippen MR) is 71.0 cm³/mol. The van der Waals surface area contributed by atoms with Gasteiger partial charge in [0.15, 0.2) is 0 Å². The predicted octanol–water partition coefficient (Wildman–Crippen LogP) is 2.70. The van der Waals surface area contributed by atoms with Gasteiger partial charge in [0.25, 0.3) is 0 Å². The van der Waals surface area contributed by atoms with Crippen molar-refractivity contribution in [2.45, 2.75) is 52.6 Å². The molecule has 3 nitrogen and oxygen atoms in total. The molecule has 1 aromatic heterocycles. The van der Waals surface area contributed by atoms with Crippen molar-refractivity contribution >= 4 is 0 Å². The van der Waals surface area contributed by atoms with Crippen LogP contribution in [-0.2, 0) is 6.54 Å². The zero-order chi connectivity index (χ0) is 12.5. The van der Waals surface area contributed by atoms with Gasteiger partial charge in [-0.2, -0.15) is 0 Å². The molecule has 17 heavy (non-hydrogen) atoms. The molecule has 3 heteroatoms. The molecule has 0 amide bonds. The van der Waals surface area contributed by atoms with E-state index in [1.54, 1.807) is 0 Å². The average Bonchev–Trinajstić information content (AvgIpc) is 2.63. The zero-order valence-corrected chi connectivity index (χ0v) is 11.6. The molecular weight excluding hydrogens is 210 g/mol. The number of aryl methyl sites for hydroxylation is 1. The molecule has 0 saturated carbocycles. The molecule has 1 unspecified atom stereocenters. The van der Waals surface area contributed by atoms with Gasteiger partial charge in [0.2, 0.25) is 0 Å². The van der Waals surface area contributed by atoms with Crippen molar-refractivity contribution in [3.8, 4) is 0 Å². The van der Waals surface area contributed by atoms with E-state index in [1.807, 2.05) is 6.33 Å². The molecular formula is C14H25N3. The van der Waals surface area contributed by atoms with Crippen LogP contribution >= 0.6 is 0 Å². The van der Waals surface area contributed by atoms with Crippen molar-refractivity contribution in [1.82, 2.24) is 14.5 Å². The smallest absolute Gasteiger partial charge is 0.0949 e. The maximum Gasteiger partial charge on any atom is 0.0949 e. The Kier molecular flexibility index (Phi) is 3.57. The normalized spacial score (nSPS) is 22.9. The van der Waals surface area contributed by atoms with Gasteiger partial charge < -0.3 is 4.57 Å². The van der Waals surface area contributed by atoms with Crippen LogP contribution in [0.4, 0.5) is 0 Å². The lowest BCUT2D eigenvalue weighted by molar-refractivity contribution is 0.0734. The minimum atomic E-state index is 0.309. The summed E-state index contributed by atoms with van der Waals surface area (Å²) in [6, 6.07) is 0. The molecule has 0 radical (unpaired) electrons. The molecule has 0 spiro atoms. The number of hydrogen-bond donors (Lipinski definition) is 0. The van der Waals surface area contributed by atoms with Crippen LogP contribution in [0, 0.1) is 12.8 Å². The summed E-state index contributed by atoms with van der Waals surface area (Å²) < 4.78 is 2.24. The summed E-state index contributed by atoms with van der Waals surface area (Å²) in [7, 11) is 0. The van der Waals surface area contributed by atoms with Crippen LogP contribution in [0.5, 0.6) is 0 Å². The summed E-state index contributed by atoms with van der Waals surface area (Å²) in [5, 5.41) is 0. The van der Waals surface area contributed by atoms with Crippen LogP contribution in [0.1, 0.15) is 39.3 Å². The summed E-state index contributed by atoms with van der Waals surface area (Å²) in [5.74, 6) is 0.775. The van der Waals surface area contributed by atoms with Gasteiger partial charge in [0, 0.05) is 24.8 Å². The van der Waals surface area contributed by atoms with Crippen molar-refractivity contribution in [2.24, 2.45) is 5.92 Å². The highest BCUT2D eigenvalue weighted by Gasteiger charge is 2.27. The van der Waals surface area contributed by atoms with Crippen LogP contribution in [0.25, 0.3) is 0 Å². The van der Waals surface area contributed by atoms with E-state index in [0.29, 0.717) is 5.54 Å². The highest BCUT2D eigenvalue weighted by Crippen LogP contribution is 2.24. The number of piperidine rings is 1. The van der Waals surface area contributed by atoms with Gasteiger partial charge in [0.05, 0.1) is 12.0 Å². The summed E-state index contributed by atoms with van der Waals surface area (Å²) in [4.78, 5) is 6.92. The number of rotatable bonds is 2. The second-order valence-electron chi connectivity index (χ2n) is 6.34. The second-order valence-corrected chi connectivity index (χ2v) is 6.34. The van der Waals surface area contributed by atoms with Crippen LogP contribution in [0.3, 0.4) is 0 Å². The Morgan fingerprint density at radius 2 is 2.18 bits per heavy atom. The average molecular weight is 235 g/mol. The first-order valence-corrected chi connectivity index (χ1v) is 6.68. The second kappa shape index (κ2) is 4.81. The molecule has 96 valence electrons. The highest BCUT2D eigenvalue weighted by atomic mass is 15.2. The molecule has 0 aromatic carbocycles. The number of nitrogens with zero attached hydrogens (tertiary/aromatic N) is 3. The quantitative estimate of drug-likeness (QED) is 0.786. The zero-order valence-electron chi connectivity index (χ0n) is 11.6. The maximum atomic E-state index is 4.30. The monoisotopic (exact) mass is 235 g/mol. The Morgan fingerprint density at radius 3 is 2.76 bits per heavy atom.